The van der Waals surface area contributed by atoms with Crippen molar-refractivity contribution in [3.63, 3.8) is 0 Å². The number of fused-ring (bicyclic) bond motifs is 1. The fourth-order valence-electron chi connectivity index (χ4n) is 6.11. The van der Waals surface area contributed by atoms with E-state index in [1.165, 1.54) is 0 Å². The maximum absolute atomic E-state index is 6.84. The predicted molar refractivity (Wildman–Crippen MR) is 186 cm³/mol. The minimum atomic E-state index is -0.325. The molecule has 6 rings (SSSR count). The fourth-order valence-corrected chi connectivity index (χ4v) is 7.57. The summed E-state index contributed by atoms with van der Waals surface area (Å²) in [7, 11) is 6.69. The van der Waals surface area contributed by atoms with Gasteiger partial charge < -0.3 is 37.9 Å². The number of hydrogen-bond acceptors (Lipinski definition) is 9. The predicted octanol–water partition coefficient (Wildman–Crippen LogP) is 7.11. The smallest absolute Gasteiger partial charge is 0.118 e. The Kier molecular flexibility index (Phi) is 11.8. The second-order valence-corrected chi connectivity index (χ2v) is 13.3. The Morgan fingerprint density at radius 2 is 0.771 bits per heavy atom. The first-order valence-electron chi connectivity index (χ1n) is 16.2. The molecule has 4 aromatic rings. The molecule has 0 N–H and O–H groups in total. The molecule has 0 aromatic heterocycles. The molecule has 1 aliphatic heterocycles. The zero-order chi connectivity index (χ0) is 33.3. The number of methoxy groups -OCH3 is 4. The Labute approximate surface area is 287 Å². The number of ether oxygens (including phenoxy) is 8. The summed E-state index contributed by atoms with van der Waals surface area (Å²) in [5.41, 5.74) is 4.28. The normalized spacial score (nSPS) is 22.8. The van der Waals surface area contributed by atoms with Gasteiger partial charge in [0, 0.05) is 16.4 Å². The van der Waals surface area contributed by atoms with Gasteiger partial charge in [-0.1, -0.05) is 48.5 Å². The lowest BCUT2D eigenvalue weighted by atomic mass is 9.82. The Morgan fingerprint density at radius 1 is 0.417 bits per heavy atom. The molecule has 4 aromatic carbocycles. The van der Waals surface area contributed by atoms with Gasteiger partial charge in [0.25, 0.3) is 0 Å². The van der Waals surface area contributed by atoms with Crippen LogP contribution in [0.5, 0.6) is 23.0 Å². The molecule has 254 valence electrons. The summed E-state index contributed by atoms with van der Waals surface area (Å²) in [5, 5.41) is 0.614. The van der Waals surface area contributed by atoms with Gasteiger partial charge >= 0.3 is 0 Å². The van der Waals surface area contributed by atoms with Gasteiger partial charge in [0.05, 0.1) is 73.7 Å². The molecule has 0 bridgehead atoms. The lowest BCUT2D eigenvalue weighted by molar-refractivity contribution is -0.185. The van der Waals surface area contributed by atoms with Crippen molar-refractivity contribution in [3.05, 3.63) is 119 Å². The van der Waals surface area contributed by atoms with Crippen molar-refractivity contribution < 1.29 is 37.9 Å². The van der Waals surface area contributed by atoms with Crippen LogP contribution < -0.4 is 18.9 Å². The summed E-state index contributed by atoms with van der Waals surface area (Å²) < 4.78 is 48.2. The Bertz CT molecular complexity index is 1550. The maximum atomic E-state index is 6.84. The first-order chi connectivity index (χ1) is 23.6. The first-order valence-corrected chi connectivity index (χ1v) is 17.1. The molecule has 2 aliphatic rings. The molecule has 1 saturated heterocycles. The van der Waals surface area contributed by atoms with Crippen molar-refractivity contribution in [2.45, 2.75) is 55.2 Å². The van der Waals surface area contributed by atoms with Gasteiger partial charge in [-0.05, 0) is 70.8 Å². The van der Waals surface area contributed by atoms with E-state index in [9.17, 15) is 0 Å². The first kappa shape index (κ1) is 34.1. The lowest BCUT2D eigenvalue weighted by Gasteiger charge is -2.41. The molecule has 0 spiro atoms. The Morgan fingerprint density at radius 3 is 1.17 bits per heavy atom. The van der Waals surface area contributed by atoms with Crippen molar-refractivity contribution >= 4 is 11.8 Å². The molecule has 48 heavy (non-hydrogen) atoms. The van der Waals surface area contributed by atoms with E-state index < -0.39 is 0 Å². The Balaban J connectivity index is 1.23. The van der Waals surface area contributed by atoms with Crippen LogP contribution in [0, 0.1) is 5.92 Å². The van der Waals surface area contributed by atoms with Crippen LogP contribution in [-0.2, 0) is 45.4 Å². The highest BCUT2D eigenvalue weighted by molar-refractivity contribution is 8.07. The number of thioether (sulfide) groups is 1. The topological polar surface area (TPSA) is 73.8 Å². The van der Waals surface area contributed by atoms with E-state index in [1.54, 1.807) is 28.4 Å². The van der Waals surface area contributed by atoms with E-state index in [0.29, 0.717) is 38.3 Å². The van der Waals surface area contributed by atoms with Crippen molar-refractivity contribution in [3.8, 4) is 23.0 Å². The summed E-state index contributed by atoms with van der Waals surface area (Å²) in [5.74, 6) is 3.38. The third kappa shape index (κ3) is 8.64. The van der Waals surface area contributed by atoms with Crippen LogP contribution in [0.25, 0.3) is 0 Å². The molecule has 0 amide bonds. The van der Waals surface area contributed by atoms with Crippen molar-refractivity contribution in [2.75, 3.05) is 35.0 Å². The summed E-state index contributed by atoms with van der Waals surface area (Å²) in [6.07, 6.45) is -0.758. The standard InChI is InChI=1S/C39H44O8S/c1-40-30-13-5-26(6-14-30)21-44-25-34-35(45-22-27-7-15-31(41-2)16-8-27)36(46-23-28-9-17-32(42-3)18-10-28)37(39-38(34)48-39)47-24-29-11-19-33(43-4)20-12-29/h5-20,34-39H,21-25H2,1-4H3/t34-,35-,36+,37-,38+,39-/m1/s1. The maximum Gasteiger partial charge on any atom is 0.118 e. The van der Waals surface area contributed by atoms with Gasteiger partial charge in [0.15, 0.2) is 0 Å². The second kappa shape index (κ2) is 16.6. The summed E-state index contributed by atoms with van der Waals surface area (Å²) in [6.45, 7) is 2.36. The second-order valence-electron chi connectivity index (χ2n) is 12.0. The highest BCUT2D eigenvalue weighted by Crippen LogP contribution is 2.56. The summed E-state index contributed by atoms with van der Waals surface area (Å²) >= 11 is 1.93. The summed E-state index contributed by atoms with van der Waals surface area (Å²) in [6, 6.07) is 32.0. The van der Waals surface area contributed by atoms with Gasteiger partial charge in [0.2, 0.25) is 0 Å². The van der Waals surface area contributed by atoms with Crippen LogP contribution in [0.3, 0.4) is 0 Å². The SMILES string of the molecule is COc1ccc(COC[C@@H]2[C@@H](OCc3ccc(OC)cc3)[C@H](OCc3ccc(OC)cc3)[C@@H](OCc3ccc(OC)cc3)[C@H]3S[C@@H]23)cc1. The minimum Gasteiger partial charge on any atom is -0.497 e. The van der Waals surface area contributed by atoms with Crippen LogP contribution >= 0.6 is 11.8 Å². The quantitative estimate of drug-likeness (QED) is 0.109. The van der Waals surface area contributed by atoms with E-state index in [2.05, 4.69) is 0 Å². The molecule has 0 radical (unpaired) electrons. The van der Waals surface area contributed by atoms with Gasteiger partial charge in [0.1, 0.15) is 29.1 Å². The monoisotopic (exact) mass is 672 g/mol. The van der Waals surface area contributed by atoms with E-state index >= 15 is 0 Å². The van der Waals surface area contributed by atoms with Gasteiger partial charge in [-0.25, -0.2) is 0 Å². The Hall–Kier alpha value is -3.73. The fraction of sp³-hybridized carbons (Fsp3) is 0.385. The third-order valence-electron chi connectivity index (χ3n) is 8.92. The molecule has 9 heteroatoms. The number of benzene rings is 4. The van der Waals surface area contributed by atoms with E-state index in [4.69, 9.17) is 37.9 Å². The zero-order valence-corrected chi connectivity index (χ0v) is 28.7. The van der Waals surface area contributed by atoms with E-state index in [1.807, 2.05) is 109 Å². The molecule has 1 heterocycles. The van der Waals surface area contributed by atoms with Crippen LogP contribution in [0.15, 0.2) is 97.1 Å². The summed E-state index contributed by atoms with van der Waals surface area (Å²) in [4.78, 5) is 0. The van der Waals surface area contributed by atoms with Gasteiger partial charge in [-0.3, -0.25) is 0 Å². The average Bonchev–Trinajstić information content (AvgIpc) is 3.95. The van der Waals surface area contributed by atoms with Crippen molar-refractivity contribution in [1.29, 1.82) is 0 Å². The molecule has 1 aliphatic carbocycles. The highest BCUT2D eigenvalue weighted by Gasteiger charge is 2.61. The molecule has 1 saturated carbocycles. The van der Waals surface area contributed by atoms with Gasteiger partial charge in [-0.2, -0.15) is 0 Å². The molecule has 6 atom stereocenters. The largest absolute Gasteiger partial charge is 0.497 e. The van der Waals surface area contributed by atoms with Crippen molar-refractivity contribution in [2.24, 2.45) is 5.92 Å². The van der Waals surface area contributed by atoms with Crippen LogP contribution in [-0.4, -0.2) is 63.9 Å². The van der Waals surface area contributed by atoms with E-state index in [-0.39, 0.29) is 29.5 Å². The molecular formula is C39H44O8S. The lowest BCUT2D eigenvalue weighted by Crippen LogP contribution is -2.55. The number of hydrogen-bond donors (Lipinski definition) is 0. The van der Waals surface area contributed by atoms with E-state index in [0.717, 1.165) is 45.3 Å². The van der Waals surface area contributed by atoms with Crippen molar-refractivity contribution in [1.82, 2.24) is 0 Å². The molecule has 2 fully saturated rings. The molecular weight excluding hydrogens is 628 g/mol. The van der Waals surface area contributed by atoms with Gasteiger partial charge in [-0.15, -0.1) is 11.8 Å². The minimum absolute atomic E-state index is 0.109. The van der Waals surface area contributed by atoms with Crippen LogP contribution in [0.2, 0.25) is 0 Å². The molecule has 8 nitrogen and oxygen atoms in total. The third-order valence-corrected chi connectivity index (χ3v) is 10.4. The number of rotatable bonds is 17. The van der Waals surface area contributed by atoms with Crippen LogP contribution in [0.4, 0.5) is 0 Å². The van der Waals surface area contributed by atoms with Crippen LogP contribution in [0.1, 0.15) is 22.3 Å². The average molecular weight is 673 g/mol. The zero-order valence-electron chi connectivity index (χ0n) is 27.9. The highest BCUT2D eigenvalue weighted by atomic mass is 32.2. The molecule has 0 unspecified atom stereocenters.